The Balaban J connectivity index is 0.000001000. The van der Waals surface area contributed by atoms with Crippen LogP contribution in [0.2, 0.25) is 0 Å². The molecule has 1 saturated heterocycles. The molecule has 5 heteroatoms. The van der Waals surface area contributed by atoms with E-state index >= 15 is 0 Å². The summed E-state index contributed by atoms with van der Waals surface area (Å²) in [5.74, 6) is 4.81. The van der Waals surface area contributed by atoms with Gasteiger partial charge in [0.1, 0.15) is 0 Å². The van der Waals surface area contributed by atoms with Crippen molar-refractivity contribution >= 4 is 6.40 Å². The molecule has 0 aromatic carbocycles. The minimum Gasteiger partial charge on any atom is -0.484 e. The summed E-state index contributed by atoms with van der Waals surface area (Å²) in [6.07, 6.45) is 1.21. The summed E-state index contributed by atoms with van der Waals surface area (Å²) in [5.41, 5.74) is -0.0683. The fourth-order valence-electron chi connectivity index (χ4n) is 0.731. The van der Waals surface area contributed by atoms with Gasteiger partial charge in [0.2, 0.25) is 0 Å². The van der Waals surface area contributed by atoms with Gasteiger partial charge in [-0.05, 0) is 0 Å². The summed E-state index contributed by atoms with van der Waals surface area (Å²) in [5, 5.41) is 3.18. The number of rotatable bonds is 3. The molecule has 0 bridgehead atoms. The van der Waals surface area contributed by atoms with Crippen molar-refractivity contribution in [3.8, 4) is 0 Å². The van der Waals surface area contributed by atoms with Crippen molar-refractivity contribution in [2.24, 2.45) is 16.4 Å². The fourth-order valence-corrected chi connectivity index (χ4v) is 0.731. The van der Waals surface area contributed by atoms with E-state index < -0.39 is 0 Å². The van der Waals surface area contributed by atoms with Crippen LogP contribution in [0, 0.1) is 12.3 Å². The first kappa shape index (κ1) is 10.9. The molecule has 2 N–H and O–H groups in total. The van der Waals surface area contributed by atoms with Gasteiger partial charge in [-0.15, -0.1) is 0 Å². The Bertz CT molecular complexity index is 137. The van der Waals surface area contributed by atoms with Crippen LogP contribution >= 0.6 is 0 Å². The Hall–Kier alpha value is -0.147. The number of hydrogen-bond donors (Lipinski definition) is 1. The van der Waals surface area contributed by atoms with Crippen molar-refractivity contribution in [1.29, 1.82) is 0 Å². The Morgan fingerprint density at radius 1 is 1.73 bits per heavy atom. The van der Waals surface area contributed by atoms with Gasteiger partial charge in [0, 0.05) is 32.7 Å². The van der Waals surface area contributed by atoms with Crippen LogP contribution in [0.1, 0.15) is 0 Å². The Morgan fingerprint density at radius 3 is 2.73 bits per heavy atom. The van der Waals surface area contributed by atoms with Gasteiger partial charge in [0.15, 0.2) is 6.40 Å². The van der Waals surface area contributed by atoms with Crippen LogP contribution in [0.4, 0.5) is 0 Å². The second-order valence-corrected chi connectivity index (χ2v) is 2.56. The maximum absolute atomic E-state index is 4.95. The van der Waals surface area contributed by atoms with Crippen LogP contribution in [0.15, 0.2) is 5.10 Å². The van der Waals surface area contributed by atoms with Crippen molar-refractivity contribution < 1.29 is 29.0 Å². The van der Waals surface area contributed by atoms with Crippen molar-refractivity contribution in [2.75, 3.05) is 19.8 Å². The van der Waals surface area contributed by atoms with E-state index in [0.717, 1.165) is 0 Å². The predicted molar refractivity (Wildman–Crippen MR) is 37.2 cm³/mol. The van der Waals surface area contributed by atoms with E-state index in [1.807, 2.05) is 0 Å². The molecule has 0 saturated carbocycles. The quantitative estimate of drug-likeness (QED) is 0.174. The van der Waals surface area contributed by atoms with Gasteiger partial charge in [-0.2, -0.15) is 5.10 Å². The summed E-state index contributed by atoms with van der Waals surface area (Å²) in [7, 11) is 0. The SMILES string of the molecule is [CH2-]C1(CO/C=N/N)COC1.[Zn]. The first-order valence-electron chi connectivity index (χ1n) is 3.03. The van der Waals surface area contributed by atoms with Crippen LogP contribution in [0.3, 0.4) is 0 Å². The molecular weight excluding hydrogens is 197 g/mol. The normalized spacial score (nSPS) is 20.5. The zero-order chi connectivity index (χ0) is 7.45. The van der Waals surface area contributed by atoms with Crippen LogP contribution in [-0.4, -0.2) is 26.2 Å². The Labute approximate surface area is 78.9 Å². The molecule has 1 fully saturated rings. The van der Waals surface area contributed by atoms with Gasteiger partial charge >= 0.3 is 0 Å². The van der Waals surface area contributed by atoms with Crippen LogP contribution in [0.25, 0.3) is 0 Å². The third kappa shape index (κ3) is 3.17. The van der Waals surface area contributed by atoms with Gasteiger partial charge in [0.25, 0.3) is 0 Å². The Kier molecular flexibility index (Phi) is 4.61. The monoisotopic (exact) mass is 207 g/mol. The van der Waals surface area contributed by atoms with Gasteiger partial charge in [0.05, 0.1) is 6.61 Å². The summed E-state index contributed by atoms with van der Waals surface area (Å²) in [6, 6.07) is 0. The van der Waals surface area contributed by atoms with E-state index in [-0.39, 0.29) is 24.9 Å². The van der Waals surface area contributed by atoms with E-state index in [1.54, 1.807) is 0 Å². The zero-order valence-electron chi connectivity index (χ0n) is 6.45. The standard InChI is InChI=1S/C6H11N2O2.Zn/c1-6(2-9-3-6)4-10-5-8-7;/h5H,1-4,7H2;/q-1;/b8-5+;. The maximum atomic E-state index is 4.95. The minimum absolute atomic E-state index is 0. The average molecular weight is 209 g/mol. The third-order valence-electron chi connectivity index (χ3n) is 1.34. The molecule has 60 valence electrons. The van der Waals surface area contributed by atoms with Crippen molar-refractivity contribution in [1.82, 2.24) is 0 Å². The van der Waals surface area contributed by atoms with Crippen molar-refractivity contribution in [3.05, 3.63) is 6.92 Å². The summed E-state index contributed by atoms with van der Waals surface area (Å²) < 4.78 is 9.88. The number of hydrogen-bond acceptors (Lipinski definition) is 4. The van der Waals surface area contributed by atoms with E-state index in [1.165, 1.54) is 6.40 Å². The van der Waals surface area contributed by atoms with Gasteiger partial charge < -0.3 is 22.2 Å². The van der Waals surface area contributed by atoms with Crippen LogP contribution in [-0.2, 0) is 29.0 Å². The van der Waals surface area contributed by atoms with Crippen molar-refractivity contribution in [2.45, 2.75) is 0 Å². The number of ether oxygens (including phenoxy) is 2. The number of nitrogens with zero attached hydrogens (tertiary/aromatic N) is 1. The summed E-state index contributed by atoms with van der Waals surface area (Å²) in [6.45, 7) is 5.73. The smallest absolute Gasteiger partial charge is 0.192 e. The van der Waals surface area contributed by atoms with Crippen LogP contribution < -0.4 is 5.84 Å². The van der Waals surface area contributed by atoms with Gasteiger partial charge in [-0.3, -0.25) is 0 Å². The Morgan fingerprint density at radius 2 is 2.36 bits per heavy atom. The van der Waals surface area contributed by atoms with E-state index in [4.69, 9.17) is 15.3 Å². The zero-order valence-corrected chi connectivity index (χ0v) is 9.42. The first-order chi connectivity index (χ1) is 4.77. The molecule has 0 aromatic rings. The molecule has 0 radical (unpaired) electrons. The van der Waals surface area contributed by atoms with Crippen LogP contribution in [0.5, 0.6) is 0 Å². The molecule has 0 unspecified atom stereocenters. The topological polar surface area (TPSA) is 56.8 Å². The molecule has 1 aliphatic heterocycles. The second-order valence-electron chi connectivity index (χ2n) is 2.56. The number of hydrazone groups is 1. The molecule has 0 aromatic heterocycles. The fraction of sp³-hybridized carbons (Fsp3) is 0.667. The average Bonchev–Trinajstić information content (AvgIpc) is 1.85. The molecule has 1 aliphatic rings. The molecule has 0 amide bonds. The second kappa shape index (κ2) is 4.67. The minimum atomic E-state index is -0.0683. The maximum Gasteiger partial charge on any atom is 0.192 e. The molecular formula is C6H11N2O2Zn-. The molecule has 4 nitrogen and oxygen atoms in total. The molecule has 0 spiro atoms. The van der Waals surface area contributed by atoms with Crippen molar-refractivity contribution in [3.63, 3.8) is 0 Å². The molecule has 0 aliphatic carbocycles. The van der Waals surface area contributed by atoms with Gasteiger partial charge in [-0.1, -0.05) is 5.41 Å². The van der Waals surface area contributed by atoms with E-state index in [9.17, 15) is 0 Å². The molecule has 11 heavy (non-hydrogen) atoms. The molecule has 1 heterocycles. The largest absolute Gasteiger partial charge is 0.484 e. The summed E-state index contributed by atoms with van der Waals surface area (Å²) in [4.78, 5) is 0. The summed E-state index contributed by atoms with van der Waals surface area (Å²) >= 11 is 0. The molecule has 1 rings (SSSR count). The van der Waals surface area contributed by atoms with E-state index in [0.29, 0.717) is 19.8 Å². The first-order valence-corrected chi connectivity index (χ1v) is 3.03. The third-order valence-corrected chi connectivity index (χ3v) is 1.34. The van der Waals surface area contributed by atoms with E-state index in [2.05, 4.69) is 12.0 Å². The van der Waals surface area contributed by atoms with Gasteiger partial charge in [-0.25, -0.2) is 0 Å². The predicted octanol–water partition coefficient (Wildman–Crippen LogP) is -0.247. The molecule has 0 atom stereocenters. The number of nitrogens with two attached hydrogens (primary N) is 1.